The first-order valence-electron chi connectivity index (χ1n) is 26.9. The summed E-state index contributed by atoms with van der Waals surface area (Å²) in [6, 6.07) is 55.0. The van der Waals surface area contributed by atoms with Crippen molar-refractivity contribution in [3.8, 4) is 57.5 Å². The Labute approximate surface area is 621 Å². The molecule has 0 heterocycles. The third-order valence-electron chi connectivity index (χ3n) is 11.9. The van der Waals surface area contributed by atoms with Crippen LogP contribution in [0.5, 0.6) is 57.5 Å². The van der Waals surface area contributed by atoms with Crippen molar-refractivity contribution in [3.05, 3.63) is 226 Å². The number of alkyl halides is 4. The second-order valence-electron chi connectivity index (χ2n) is 18.2. The van der Waals surface area contributed by atoms with Gasteiger partial charge < -0.3 is 61.3 Å². The molecule has 0 unspecified atom stereocenters. The molecule has 484 valence electrons. The molecule has 0 fully saturated rings. The van der Waals surface area contributed by atoms with Crippen LogP contribution in [0.1, 0.15) is 44.5 Å². The fourth-order valence-electron chi connectivity index (χ4n) is 7.74. The maximum absolute atomic E-state index is 13.9. The number of benzene rings is 8. The van der Waals surface area contributed by atoms with Crippen molar-refractivity contribution in [2.45, 2.75) is 27.5 Å². The smallest absolute Gasteiger partial charge is 0.780 e. The largest absolute Gasteiger partial charge is 1.00 e. The van der Waals surface area contributed by atoms with E-state index in [9.17, 15) is 23.5 Å². The molecule has 93 heavy (non-hydrogen) atoms. The summed E-state index contributed by atoms with van der Waals surface area (Å²) in [5.41, 5.74) is 6.53. The molecule has 0 aliphatic heterocycles. The summed E-state index contributed by atoms with van der Waals surface area (Å²) in [6.07, 6.45) is 7.21. The van der Waals surface area contributed by atoms with Gasteiger partial charge in [-0.1, -0.05) is 158 Å². The molecular formula is C65H66Br4Na2O19P3+. The molecule has 0 spiro atoms. The summed E-state index contributed by atoms with van der Waals surface area (Å²) >= 11 is 12.5. The fraction of sp³-hybridized carbons (Fsp3) is 0.200. The van der Waals surface area contributed by atoms with Gasteiger partial charge in [-0.3, -0.25) is 9.05 Å². The van der Waals surface area contributed by atoms with Gasteiger partial charge in [0.05, 0.1) is 70.1 Å². The van der Waals surface area contributed by atoms with E-state index < -0.39 is 23.9 Å². The Bertz CT molecular complexity index is 3540. The van der Waals surface area contributed by atoms with E-state index in [2.05, 4.69) is 68.2 Å². The summed E-state index contributed by atoms with van der Waals surface area (Å²) in [7, 11) is 0.707. The number of phosphoric ester groups is 2. The van der Waals surface area contributed by atoms with E-state index in [4.69, 9.17) is 60.5 Å². The van der Waals surface area contributed by atoms with E-state index in [0.29, 0.717) is 59.0 Å². The van der Waals surface area contributed by atoms with Crippen molar-refractivity contribution in [1.82, 2.24) is 0 Å². The second-order valence-corrected chi connectivity index (χ2v) is 32.9. The predicted molar refractivity (Wildman–Crippen MR) is 363 cm³/mol. The van der Waals surface area contributed by atoms with Gasteiger partial charge in [-0.25, -0.2) is 4.57 Å². The molecule has 0 aliphatic carbocycles. The second kappa shape index (κ2) is 43.6. The zero-order valence-electron chi connectivity index (χ0n) is 52.6. The third-order valence-corrected chi connectivity index (χ3v) is 14.3. The maximum Gasteiger partial charge on any atom is 1.00 e. The molecule has 8 aromatic rings. The Balaban J connectivity index is 0.000000373. The first-order chi connectivity index (χ1) is 43.6. The first kappa shape index (κ1) is 82.7. The zero-order valence-corrected chi connectivity index (χ0v) is 65.6. The predicted octanol–water partition coefficient (Wildman–Crippen LogP) is 11.2. The van der Waals surface area contributed by atoms with Crippen molar-refractivity contribution in [2.24, 2.45) is 0 Å². The van der Waals surface area contributed by atoms with Crippen molar-refractivity contribution < 1.29 is 148 Å². The molecular weight excluding hydrogens is 1540 g/mol. The Kier molecular flexibility index (Phi) is 38.8. The number of ether oxygens (including phenoxy) is 8. The van der Waals surface area contributed by atoms with Crippen molar-refractivity contribution in [2.75, 3.05) is 56.9 Å². The Morgan fingerprint density at radius 1 is 0.376 bits per heavy atom. The normalized spacial score (nSPS) is 10.9. The standard InChI is InChI=1S/C32H33O8P.C18H21O8P.C14H14O3P.CBr4.2Na/c1-34-28-18-17-24(15-16-27-20-30(35-2)32(37-4)31(21-27)36-3)19-29(28)40-41(33,38-22-25-11-7-5-8-12-25)39-23-26-13-9-6-10-14-26;1-22-14-8-7-12(9-15(14)26-27(19,20)21)5-6-13-10-16(23-2)18(25-4)17(11-13)24-3;15-18(16-11-13-7-3-1-4-8-13)17-12-14-9-5-2-6-10-14;2-1(3,4)5;;/h5-21H,22-23H2,1-4H3;5-11H,1-4H3,(H2,19,20,21);1-10H,11-12H2;;;/q;;+1;;2*+1/p-2/b16-15-;6-5-;;;;. The monoisotopic (exact) mass is 1600 g/mol. The van der Waals surface area contributed by atoms with Gasteiger partial charge in [0.2, 0.25) is 11.5 Å². The summed E-state index contributed by atoms with van der Waals surface area (Å²) in [5, 5.41) is 0. The molecule has 8 rings (SSSR count). The van der Waals surface area contributed by atoms with E-state index in [-0.39, 0.29) is 90.6 Å². The van der Waals surface area contributed by atoms with E-state index in [0.717, 1.165) is 38.9 Å². The topological polar surface area (TPSA) is 227 Å². The van der Waals surface area contributed by atoms with Crippen LogP contribution in [-0.4, -0.2) is 57.9 Å². The average molecular weight is 1610 g/mol. The van der Waals surface area contributed by atoms with E-state index in [1.165, 1.54) is 47.7 Å². The summed E-state index contributed by atoms with van der Waals surface area (Å²) in [5.74, 6) is 3.58. The molecule has 8 aromatic carbocycles. The van der Waals surface area contributed by atoms with Gasteiger partial charge in [0.1, 0.15) is 21.0 Å². The zero-order chi connectivity index (χ0) is 66.2. The third kappa shape index (κ3) is 31.0. The van der Waals surface area contributed by atoms with E-state index in [1.807, 2.05) is 152 Å². The average Bonchev–Trinajstić information content (AvgIpc) is 0.931. The number of hydrogen-bond donors (Lipinski definition) is 0. The van der Waals surface area contributed by atoms with Gasteiger partial charge in [0.15, 0.2) is 47.0 Å². The molecule has 0 bridgehead atoms. The minimum atomic E-state index is -5.21. The molecule has 0 radical (unpaired) electrons. The Morgan fingerprint density at radius 2 is 0.645 bits per heavy atom. The molecule has 28 heteroatoms. The number of methoxy groups -OCH3 is 8. The first-order valence-corrected chi connectivity index (χ1v) is 34.1. The van der Waals surface area contributed by atoms with Crippen molar-refractivity contribution >= 4 is 112 Å². The van der Waals surface area contributed by atoms with Crippen LogP contribution in [0.3, 0.4) is 0 Å². The van der Waals surface area contributed by atoms with Gasteiger partial charge in [0, 0.05) is 4.57 Å². The van der Waals surface area contributed by atoms with Crippen LogP contribution in [0.25, 0.3) is 24.3 Å². The number of hydrogen-bond acceptors (Lipinski definition) is 19. The molecule has 0 atom stereocenters. The van der Waals surface area contributed by atoms with Gasteiger partial charge >= 0.3 is 75.2 Å². The minimum absolute atomic E-state index is 0. The molecule has 0 aromatic heterocycles. The molecule has 0 saturated carbocycles. The number of phosphoric acid groups is 2. The van der Waals surface area contributed by atoms with Crippen LogP contribution in [0.15, 0.2) is 182 Å². The maximum atomic E-state index is 13.9. The molecule has 19 nitrogen and oxygen atoms in total. The molecule has 0 N–H and O–H groups in total. The Hall–Kier alpha value is -4.52. The van der Waals surface area contributed by atoms with Gasteiger partial charge in [0.25, 0.3) is 0 Å². The SMILES string of the molecule is BrC(Br)(Br)Br.COc1ccc(/C=C\c2cc(OC)c(OC)c(OC)c2)cc1OP(=O)(OCc1ccccc1)OCc1ccccc1.COc1ccc(/C=C\c2cc(OC)c(OC)c(OC)c2)cc1OP(=O)([O-])[O-].O=[P+](OCc1ccccc1)OCc1ccccc1.[Na+].[Na+]. The Morgan fingerprint density at radius 3 is 0.925 bits per heavy atom. The molecule has 0 aliphatic rings. The number of halogens is 4. The summed E-state index contributed by atoms with van der Waals surface area (Å²) < 4.78 is 111. The van der Waals surface area contributed by atoms with Crippen LogP contribution >= 0.6 is 87.6 Å². The van der Waals surface area contributed by atoms with Crippen LogP contribution < -0.4 is 116 Å². The quantitative estimate of drug-likeness (QED) is 0.0192. The van der Waals surface area contributed by atoms with Crippen LogP contribution in [-0.2, 0) is 58.2 Å². The summed E-state index contributed by atoms with van der Waals surface area (Å²) in [6.45, 7) is 0.668. The van der Waals surface area contributed by atoms with Gasteiger partial charge in [-0.2, -0.15) is 0 Å². The minimum Gasteiger partial charge on any atom is -0.780 e. The molecule has 0 amide bonds. The summed E-state index contributed by atoms with van der Waals surface area (Å²) in [4.78, 5) is 21.8. The van der Waals surface area contributed by atoms with E-state index >= 15 is 0 Å². The van der Waals surface area contributed by atoms with E-state index in [1.54, 1.807) is 63.8 Å². The van der Waals surface area contributed by atoms with Gasteiger partial charge in [-0.15, -0.1) is 9.05 Å². The fourth-order valence-corrected chi connectivity index (χ4v) is 9.89. The van der Waals surface area contributed by atoms with Crippen molar-refractivity contribution in [3.63, 3.8) is 0 Å². The van der Waals surface area contributed by atoms with Crippen LogP contribution in [0.2, 0.25) is 0 Å². The van der Waals surface area contributed by atoms with Crippen LogP contribution in [0.4, 0.5) is 0 Å². The van der Waals surface area contributed by atoms with Crippen molar-refractivity contribution in [1.29, 1.82) is 0 Å². The van der Waals surface area contributed by atoms with Gasteiger partial charge in [-0.05, 0) is 157 Å². The molecule has 0 saturated heterocycles. The van der Waals surface area contributed by atoms with Crippen LogP contribution in [0, 0.1) is 0 Å². The number of rotatable bonds is 28.